The minimum atomic E-state index is -0.264. The first-order chi connectivity index (χ1) is 8.70. The Morgan fingerprint density at radius 2 is 1.89 bits per heavy atom. The van der Waals surface area contributed by atoms with Gasteiger partial charge in [0.25, 0.3) is 0 Å². The third-order valence-electron chi connectivity index (χ3n) is 2.99. The van der Waals surface area contributed by atoms with Crippen LogP contribution < -0.4 is 10.1 Å². The van der Waals surface area contributed by atoms with E-state index in [2.05, 4.69) is 5.32 Å². The Morgan fingerprint density at radius 3 is 2.50 bits per heavy atom. The highest BCUT2D eigenvalue weighted by Crippen LogP contribution is 2.09. The van der Waals surface area contributed by atoms with E-state index in [1.807, 2.05) is 44.3 Å². The van der Waals surface area contributed by atoms with Gasteiger partial charge in [-0.05, 0) is 32.5 Å². The van der Waals surface area contributed by atoms with Crippen molar-refractivity contribution in [2.45, 2.75) is 18.9 Å². The third kappa shape index (κ3) is 5.49. The van der Waals surface area contributed by atoms with Crippen LogP contribution in [0.1, 0.15) is 13.3 Å². The molecule has 1 aromatic carbocycles. The van der Waals surface area contributed by atoms with E-state index in [1.54, 1.807) is 0 Å². The highest BCUT2D eigenvalue weighted by Gasteiger charge is 2.19. The number of nitrogens with one attached hydrogen (secondary N) is 1. The summed E-state index contributed by atoms with van der Waals surface area (Å²) in [6.07, 6.45) is 0.769. The summed E-state index contributed by atoms with van der Waals surface area (Å²) in [7, 11) is 1.84. The number of para-hydroxylation sites is 1. The topological polar surface area (TPSA) is 50.7 Å². The highest BCUT2D eigenvalue weighted by atomic mass is 16.5. The number of hydrogen-bond donors (Lipinski definition) is 2. The summed E-state index contributed by atoms with van der Waals surface area (Å²) < 4.78 is 11.0. The van der Waals surface area contributed by atoms with Gasteiger partial charge in [0, 0.05) is 12.1 Å². The molecule has 0 aliphatic heterocycles. The number of likely N-dealkylation sites (N-methyl/N-ethyl adjacent to an activating group) is 1. The molecular formula is C14H23NO3. The average molecular weight is 253 g/mol. The van der Waals surface area contributed by atoms with Crippen molar-refractivity contribution in [1.29, 1.82) is 0 Å². The Labute approximate surface area is 109 Å². The molecule has 0 spiro atoms. The molecule has 0 saturated heterocycles. The molecule has 0 heterocycles. The number of rotatable bonds is 9. The normalized spacial score (nSPS) is 14.2. The van der Waals surface area contributed by atoms with Gasteiger partial charge in [0.2, 0.25) is 0 Å². The number of ether oxygens (including phenoxy) is 2. The molecule has 0 radical (unpaired) electrons. The summed E-state index contributed by atoms with van der Waals surface area (Å²) >= 11 is 0. The van der Waals surface area contributed by atoms with Gasteiger partial charge in [-0.25, -0.2) is 0 Å². The third-order valence-corrected chi connectivity index (χ3v) is 2.99. The highest BCUT2D eigenvalue weighted by molar-refractivity contribution is 5.20. The lowest BCUT2D eigenvalue weighted by Crippen LogP contribution is -2.44. The zero-order valence-corrected chi connectivity index (χ0v) is 11.2. The fraction of sp³-hybridized carbons (Fsp3) is 0.571. The Morgan fingerprint density at radius 1 is 1.17 bits per heavy atom. The predicted molar refractivity (Wildman–Crippen MR) is 71.9 cm³/mol. The second-order valence-electron chi connectivity index (χ2n) is 4.49. The molecule has 0 amide bonds. The predicted octanol–water partition coefficient (Wildman–Crippen LogP) is 1.44. The van der Waals surface area contributed by atoms with Gasteiger partial charge in [0.1, 0.15) is 12.4 Å². The Hall–Kier alpha value is -1.10. The van der Waals surface area contributed by atoms with Crippen molar-refractivity contribution in [3.05, 3.63) is 30.3 Å². The van der Waals surface area contributed by atoms with Crippen molar-refractivity contribution in [2.24, 2.45) is 0 Å². The first-order valence-corrected chi connectivity index (χ1v) is 6.25. The molecule has 0 saturated carbocycles. The number of hydrogen-bond acceptors (Lipinski definition) is 4. The first kappa shape index (κ1) is 15.0. The molecule has 0 fully saturated rings. The lowest BCUT2D eigenvalue weighted by Gasteiger charge is -2.26. The fourth-order valence-electron chi connectivity index (χ4n) is 1.42. The number of aliphatic hydroxyl groups is 1. The van der Waals surface area contributed by atoms with Crippen LogP contribution in [0.25, 0.3) is 0 Å². The van der Waals surface area contributed by atoms with Crippen LogP contribution in [0.5, 0.6) is 5.75 Å². The summed E-state index contributed by atoms with van der Waals surface area (Å²) in [5.41, 5.74) is -0.264. The van der Waals surface area contributed by atoms with Crippen molar-refractivity contribution >= 4 is 0 Å². The lowest BCUT2D eigenvalue weighted by molar-refractivity contribution is 0.0711. The van der Waals surface area contributed by atoms with Gasteiger partial charge in [0.05, 0.1) is 13.2 Å². The maximum Gasteiger partial charge on any atom is 0.119 e. The number of benzene rings is 1. The van der Waals surface area contributed by atoms with Crippen molar-refractivity contribution in [2.75, 3.05) is 33.5 Å². The first-order valence-electron chi connectivity index (χ1n) is 6.25. The maximum absolute atomic E-state index is 9.19. The van der Waals surface area contributed by atoms with Crippen molar-refractivity contribution in [3.8, 4) is 5.75 Å². The zero-order chi connectivity index (χ0) is 13.3. The molecule has 1 rings (SSSR count). The number of aliphatic hydroxyl groups excluding tert-OH is 1. The van der Waals surface area contributed by atoms with Crippen LogP contribution in [0.15, 0.2) is 30.3 Å². The molecule has 1 aromatic rings. The van der Waals surface area contributed by atoms with Crippen LogP contribution in [0.3, 0.4) is 0 Å². The molecule has 0 bridgehead atoms. The molecule has 2 N–H and O–H groups in total. The Balaban J connectivity index is 2.06. The van der Waals surface area contributed by atoms with Gasteiger partial charge in [-0.15, -0.1) is 0 Å². The Kier molecular flexibility index (Phi) is 6.72. The van der Waals surface area contributed by atoms with Gasteiger partial charge in [-0.2, -0.15) is 0 Å². The SMILES string of the molecule is CNC(C)(CO)CCOCCOc1ccccc1. The molecule has 102 valence electrons. The van der Waals surface area contributed by atoms with Gasteiger partial charge in [-0.1, -0.05) is 18.2 Å². The molecule has 1 atom stereocenters. The van der Waals surface area contributed by atoms with Crippen molar-refractivity contribution in [1.82, 2.24) is 5.32 Å². The van der Waals surface area contributed by atoms with E-state index in [0.29, 0.717) is 19.8 Å². The molecule has 1 unspecified atom stereocenters. The summed E-state index contributed by atoms with van der Waals surface area (Å²) in [6, 6.07) is 9.68. The van der Waals surface area contributed by atoms with Gasteiger partial charge >= 0.3 is 0 Å². The molecular weight excluding hydrogens is 230 g/mol. The molecule has 0 aliphatic rings. The minimum absolute atomic E-state index is 0.105. The smallest absolute Gasteiger partial charge is 0.119 e. The zero-order valence-electron chi connectivity index (χ0n) is 11.2. The standard InChI is InChI=1S/C14H23NO3/c1-14(12-16,15-2)8-9-17-10-11-18-13-6-4-3-5-7-13/h3-7,15-16H,8-12H2,1-2H3. The van der Waals surface area contributed by atoms with Gasteiger partial charge in [-0.3, -0.25) is 0 Å². The van der Waals surface area contributed by atoms with Crippen molar-refractivity contribution in [3.63, 3.8) is 0 Å². The van der Waals surface area contributed by atoms with Gasteiger partial charge < -0.3 is 19.9 Å². The molecule has 4 nitrogen and oxygen atoms in total. The second kappa shape index (κ2) is 8.08. The second-order valence-corrected chi connectivity index (χ2v) is 4.49. The molecule has 0 aliphatic carbocycles. The van der Waals surface area contributed by atoms with E-state index >= 15 is 0 Å². The molecule has 0 aromatic heterocycles. The van der Waals surface area contributed by atoms with Crippen LogP contribution in [-0.2, 0) is 4.74 Å². The summed E-state index contributed by atoms with van der Waals surface area (Å²) in [4.78, 5) is 0. The van der Waals surface area contributed by atoms with Crippen LogP contribution in [0.2, 0.25) is 0 Å². The van der Waals surface area contributed by atoms with E-state index in [1.165, 1.54) is 0 Å². The Bertz CT molecular complexity index is 312. The van der Waals surface area contributed by atoms with E-state index in [4.69, 9.17) is 9.47 Å². The van der Waals surface area contributed by atoms with Crippen LogP contribution in [-0.4, -0.2) is 44.1 Å². The van der Waals surface area contributed by atoms with E-state index in [-0.39, 0.29) is 12.1 Å². The van der Waals surface area contributed by atoms with E-state index in [9.17, 15) is 5.11 Å². The lowest BCUT2D eigenvalue weighted by atomic mass is 10.0. The van der Waals surface area contributed by atoms with E-state index in [0.717, 1.165) is 12.2 Å². The summed E-state index contributed by atoms with van der Waals surface area (Å²) in [6.45, 7) is 3.78. The van der Waals surface area contributed by atoms with Crippen LogP contribution in [0.4, 0.5) is 0 Å². The summed E-state index contributed by atoms with van der Waals surface area (Å²) in [5, 5.41) is 12.3. The quantitative estimate of drug-likeness (QED) is 0.654. The maximum atomic E-state index is 9.19. The van der Waals surface area contributed by atoms with E-state index < -0.39 is 0 Å². The van der Waals surface area contributed by atoms with Crippen molar-refractivity contribution < 1.29 is 14.6 Å². The monoisotopic (exact) mass is 253 g/mol. The fourth-order valence-corrected chi connectivity index (χ4v) is 1.42. The van der Waals surface area contributed by atoms with Crippen LogP contribution >= 0.6 is 0 Å². The van der Waals surface area contributed by atoms with Gasteiger partial charge in [0.15, 0.2) is 0 Å². The average Bonchev–Trinajstić information content (AvgIpc) is 2.43. The minimum Gasteiger partial charge on any atom is -0.491 e. The largest absolute Gasteiger partial charge is 0.491 e. The molecule has 18 heavy (non-hydrogen) atoms. The summed E-state index contributed by atoms with van der Waals surface area (Å²) in [5.74, 6) is 0.858. The van der Waals surface area contributed by atoms with Crippen LogP contribution in [0, 0.1) is 0 Å². The molecule has 4 heteroatoms.